The van der Waals surface area contributed by atoms with E-state index >= 15 is 0 Å². The molecule has 3 rings (SSSR count). The van der Waals surface area contributed by atoms with Gasteiger partial charge in [-0.05, 0) is 30.3 Å². The first-order valence-electron chi connectivity index (χ1n) is 8.27. The van der Waals surface area contributed by atoms with Gasteiger partial charge in [-0.15, -0.1) is 0 Å². The third-order valence-corrected chi connectivity index (χ3v) is 4.47. The predicted molar refractivity (Wildman–Crippen MR) is 89.0 cm³/mol. The van der Waals surface area contributed by atoms with Gasteiger partial charge in [-0.3, -0.25) is 9.69 Å². The molecule has 1 aliphatic heterocycles. The Labute approximate surface area is 148 Å². The highest BCUT2D eigenvalue weighted by Gasteiger charge is 2.30. The van der Waals surface area contributed by atoms with E-state index in [1.165, 1.54) is 18.2 Å². The maximum absolute atomic E-state index is 13.7. The van der Waals surface area contributed by atoms with Crippen molar-refractivity contribution in [3.05, 3.63) is 71.0 Å². The molecule has 1 heterocycles. The van der Waals surface area contributed by atoms with Gasteiger partial charge in [0.1, 0.15) is 5.82 Å². The first-order chi connectivity index (χ1) is 12.3. The number of piperazine rings is 1. The molecule has 0 unspecified atom stereocenters. The maximum Gasteiger partial charge on any atom is 0.416 e. The Hall–Kier alpha value is -2.41. The third kappa shape index (κ3) is 4.22. The second kappa shape index (κ2) is 7.45. The first kappa shape index (κ1) is 18.4. The minimum absolute atomic E-state index is 0.237. The molecule has 2 aromatic carbocycles. The van der Waals surface area contributed by atoms with E-state index in [2.05, 4.69) is 4.90 Å². The van der Waals surface area contributed by atoms with Crippen molar-refractivity contribution in [2.45, 2.75) is 12.7 Å². The topological polar surface area (TPSA) is 23.6 Å². The molecule has 0 N–H and O–H groups in total. The van der Waals surface area contributed by atoms with E-state index < -0.39 is 11.7 Å². The van der Waals surface area contributed by atoms with E-state index in [1.54, 1.807) is 23.1 Å². The van der Waals surface area contributed by atoms with Crippen LogP contribution in [0, 0.1) is 5.82 Å². The van der Waals surface area contributed by atoms with Crippen LogP contribution in [-0.2, 0) is 12.7 Å². The molecule has 3 nitrogen and oxygen atoms in total. The Morgan fingerprint density at radius 3 is 2.12 bits per heavy atom. The zero-order valence-electron chi connectivity index (χ0n) is 14.0. The van der Waals surface area contributed by atoms with E-state index in [0.717, 1.165) is 12.1 Å². The minimum Gasteiger partial charge on any atom is -0.336 e. The summed E-state index contributed by atoms with van der Waals surface area (Å²) in [5.41, 5.74) is 0.0688. The van der Waals surface area contributed by atoms with E-state index in [4.69, 9.17) is 0 Å². The molecule has 1 fully saturated rings. The van der Waals surface area contributed by atoms with Crippen LogP contribution in [0.5, 0.6) is 0 Å². The van der Waals surface area contributed by atoms with E-state index in [1.807, 2.05) is 0 Å². The monoisotopic (exact) mass is 366 g/mol. The summed E-state index contributed by atoms with van der Waals surface area (Å²) in [6.45, 7) is 2.54. The molecule has 2 aromatic rings. The number of benzene rings is 2. The van der Waals surface area contributed by atoms with Gasteiger partial charge in [0.15, 0.2) is 0 Å². The van der Waals surface area contributed by atoms with Crippen molar-refractivity contribution < 1.29 is 22.4 Å². The number of nitrogens with zero attached hydrogens (tertiary/aromatic N) is 2. The van der Waals surface area contributed by atoms with Crippen molar-refractivity contribution in [1.82, 2.24) is 9.80 Å². The summed E-state index contributed by atoms with van der Waals surface area (Å²) in [5, 5.41) is 0. The molecule has 1 saturated heterocycles. The van der Waals surface area contributed by atoms with Crippen LogP contribution in [0.4, 0.5) is 17.6 Å². The summed E-state index contributed by atoms with van der Waals surface area (Å²) in [7, 11) is 0. The molecule has 26 heavy (non-hydrogen) atoms. The number of carbonyl (C=O) groups excluding carboxylic acids is 1. The van der Waals surface area contributed by atoms with Gasteiger partial charge < -0.3 is 4.90 Å². The van der Waals surface area contributed by atoms with Crippen LogP contribution in [0.3, 0.4) is 0 Å². The molecule has 138 valence electrons. The number of halogens is 4. The number of hydrogen-bond acceptors (Lipinski definition) is 2. The van der Waals surface area contributed by atoms with Crippen LogP contribution < -0.4 is 0 Å². The van der Waals surface area contributed by atoms with Crippen LogP contribution in [0.2, 0.25) is 0 Å². The average Bonchev–Trinajstić information content (AvgIpc) is 2.63. The molecule has 0 aliphatic carbocycles. The standard InChI is InChI=1S/C19H18F4N2O/c20-17-4-2-1-3-15(17)13-24-9-11-25(12-10-24)18(26)14-5-7-16(8-6-14)19(21,22)23/h1-8H,9-13H2. The lowest BCUT2D eigenvalue weighted by atomic mass is 10.1. The molecular weight excluding hydrogens is 348 g/mol. The zero-order valence-corrected chi connectivity index (χ0v) is 14.0. The van der Waals surface area contributed by atoms with Crippen molar-refractivity contribution in [3.63, 3.8) is 0 Å². The molecule has 0 bridgehead atoms. The van der Waals surface area contributed by atoms with Crippen molar-refractivity contribution in [2.24, 2.45) is 0 Å². The lowest BCUT2D eigenvalue weighted by molar-refractivity contribution is -0.137. The first-order valence-corrected chi connectivity index (χ1v) is 8.27. The largest absolute Gasteiger partial charge is 0.416 e. The van der Waals surface area contributed by atoms with Crippen molar-refractivity contribution in [1.29, 1.82) is 0 Å². The number of hydrogen-bond donors (Lipinski definition) is 0. The van der Waals surface area contributed by atoms with Crippen molar-refractivity contribution in [2.75, 3.05) is 26.2 Å². The molecule has 7 heteroatoms. The van der Waals surface area contributed by atoms with E-state index in [0.29, 0.717) is 38.3 Å². The quantitative estimate of drug-likeness (QED) is 0.772. The summed E-state index contributed by atoms with van der Waals surface area (Å²) in [5.74, 6) is -0.542. The summed E-state index contributed by atoms with van der Waals surface area (Å²) in [6, 6.07) is 10.8. The van der Waals surface area contributed by atoms with Crippen LogP contribution in [0.15, 0.2) is 48.5 Å². The summed E-state index contributed by atoms with van der Waals surface area (Å²) in [6.07, 6.45) is -4.42. The molecule has 0 radical (unpaired) electrons. The fourth-order valence-corrected chi connectivity index (χ4v) is 2.96. The second-order valence-corrected chi connectivity index (χ2v) is 6.23. The van der Waals surface area contributed by atoms with Crippen LogP contribution >= 0.6 is 0 Å². The van der Waals surface area contributed by atoms with Crippen LogP contribution in [0.1, 0.15) is 21.5 Å². The molecule has 0 saturated carbocycles. The van der Waals surface area contributed by atoms with Gasteiger partial charge in [0.05, 0.1) is 5.56 Å². The highest BCUT2D eigenvalue weighted by atomic mass is 19.4. The van der Waals surface area contributed by atoms with E-state index in [-0.39, 0.29) is 17.3 Å². The average molecular weight is 366 g/mol. The van der Waals surface area contributed by atoms with E-state index in [9.17, 15) is 22.4 Å². The Bertz CT molecular complexity index is 766. The van der Waals surface area contributed by atoms with Gasteiger partial charge in [-0.25, -0.2) is 4.39 Å². The van der Waals surface area contributed by atoms with Crippen LogP contribution in [0.25, 0.3) is 0 Å². The summed E-state index contributed by atoms with van der Waals surface area (Å²) < 4.78 is 51.5. The Morgan fingerprint density at radius 2 is 1.54 bits per heavy atom. The van der Waals surface area contributed by atoms with Gasteiger partial charge in [0.25, 0.3) is 5.91 Å². The normalized spacial score (nSPS) is 15.9. The smallest absolute Gasteiger partial charge is 0.336 e. The van der Waals surface area contributed by atoms with Gasteiger partial charge in [0, 0.05) is 43.9 Å². The number of rotatable bonds is 3. The molecule has 1 aliphatic rings. The number of alkyl halides is 3. The zero-order chi connectivity index (χ0) is 18.7. The summed E-state index contributed by atoms with van der Waals surface area (Å²) >= 11 is 0. The van der Waals surface area contributed by atoms with Crippen molar-refractivity contribution >= 4 is 5.91 Å². The molecular formula is C19H18F4N2O. The number of amides is 1. The summed E-state index contributed by atoms with van der Waals surface area (Å²) in [4.78, 5) is 16.1. The minimum atomic E-state index is -4.42. The van der Waals surface area contributed by atoms with Gasteiger partial charge >= 0.3 is 6.18 Å². The SMILES string of the molecule is O=C(c1ccc(C(F)(F)F)cc1)N1CCN(Cc2ccccc2F)CC1. The highest BCUT2D eigenvalue weighted by molar-refractivity contribution is 5.94. The fourth-order valence-electron chi connectivity index (χ4n) is 2.96. The molecule has 1 amide bonds. The molecule has 0 spiro atoms. The lowest BCUT2D eigenvalue weighted by Gasteiger charge is -2.34. The van der Waals surface area contributed by atoms with Crippen molar-refractivity contribution in [3.8, 4) is 0 Å². The maximum atomic E-state index is 13.7. The second-order valence-electron chi connectivity index (χ2n) is 6.23. The number of carbonyl (C=O) groups is 1. The Balaban J connectivity index is 1.57. The predicted octanol–water partition coefficient (Wildman–Crippen LogP) is 3.80. The molecule has 0 atom stereocenters. The Kier molecular flexibility index (Phi) is 5.27. The van der Waals surface area contributed by atoms with Gasteiger partial charge in [0.2, 0.25) is 0 Å². The molecule has 0 aromatic heterocycles. The van der Waals surface area contributed by atoms with Gasteiger partial charge in [-0.1, -0.05) is 18.2 Å². The fraction of sp³-hybridized carbons (Fsp3) is 0.316. The van der Waals surface area contributed by atoms with Gasteiger partial charge in [-0.2, -0.15) is 13.2 Å². The Morgan fingerprint density at radius 1 is 0.923 bits per heavy atom. The lowest BCUT2D eigenvalue weighted by Crippen LogP contribution is -2.48. The highest BCUT2D eigenvalue weighted by Crippen LogP contribution is 2.29. The van der Waals surface area contributed by atoms with Crippen LogP contribution in [-0.4, -0.2) is 41.9 Å². The third-order valence-electron chi connectivity index (χ3n) is 4.47.